The molecule has 1 aliphatic heterocycles. The maximum absolute atomic E-state index is 12.9. The number of ether oxygens (including phenoxy) is 1. The van der Waals surface area contributed by atoms with E-state index in [1.165, 1.54) is 11.8 Å². The van der Waals surface area contributed by atoms with Crippen LogP contribution in [0.15, 0.2) is 71.3 Å². The molecule has 2 aromatic carbocycles. The van der Waals surface area contributed by atoms with Gasteiger partial charge >= 0.3 is 0 Å². The van der Waals surface area contributed by atoms with Crippen molar-refractivity contribution in [1.82, 2.24) is 4.90 Å². The van der Waals surface area contributed by atoms with Crippen LogP contribution in [0.4, 0.5) is 5.69 Å². The zero-order valence-electron chi connectivity index (χ0n) is 16.8. The van der Waals surface area contributed by atoms with E-state index in [1.54, 1.807) is 29.2 Å². The summed E-state index contributed by atoms with van der Waals surface area (Å²) in [5.74, 6) is 1.26. The van der Waals surface area contributed by atoms with Crippen LogP contribution in [0.2, 0.25) is 0 Å². The van der Waals surface area contributed by atoms with E-state index in [2.05, 4.69) is 5.32 Å². The summed E-state index contributed by atoms with van der Waals surface area (Å²) in [7, 11) is 0. The van der Waals surface area contributed by atoms with Crippen molar-refractivity contribution in [1.29, 1.82) is 0 Å². The number of hydrogen-bond acceptors (Lipinski definition) is 4. The molecular weight excluding hydrogens is 380 g/mol. The number of carbonyl (C=O) groups excluding carboxylic acids is 2. The van der Waals surface area contributed by atoms with Crippen molar-refractivity contribution in [2.45, 2.75) is 32.2 Å². The number of benzene rings is 2. The molecule has 0 radical (unpaired) electrons. The lowest BCUT2D eigenvalue weighted by atomic mass is 10.0. The summed E-state index contributed by atoms with van der Waals surface area (Å²) >= 11 is 0. The third-order valence-electron chi connectivity index (χ3n) is 5.18. The molecule has 6 heteroatoms. The first-order valence-electron chi connectivity index (χ1n) is 10.1. The van der Waals surface area contributed by atoms with Crippen molar-refractivity contribution in [3.63, 3.8) is 0 Å². The Morgan fingerprint density at radius 1 is 1.00 bits per heavy atom. The second-order valence-electron chi connectivity index (χ2n) is 7.42. The minimum atomic E-state index is -0.514. The zero-order valence-corrected chi connectivity index (χ0v) is 16.8. The monoisotopic (exact) mass is 404 g/mol. The Morgan fingerprint density at radius 3 is 2.37 bits per heavy atom. The molecule has 2 amide bonds. The number of furan rings is 1. The highest BCUT2D eigenvalue weighted by molar-refractivity contribution is 6.00. The molecule has 154 valence electrons. The molecule has 0 spiro atoms. The second-order valence-corrected chi connectivity index (χ2v) is 7.42. The molecule has 6 nitrogen and oxygen atoms in total. The second kappa shape index (κ2) is 8.86. The molecule has 1 aromatic heterocycles. The van der Waals surface area contributed by atoms with E-state index in [-0.39, 0.29) is 17.6 Å². The molecule has 1 atom stereocenters. The van der Waals surface area contributed by atoms with Gasteiger partial charge in [-0.2, -0.15) is 0 Å². The molecule has 30 heavy (non-hydrogen) atoms. The number of hydrogen-bond donors (Lipinski definition) is 1. The number of rotatable bonds is 5. The van der Waals surface area contributed by atoms with Crippen molar-refractivity contribution in [2.24, 2.45) is 0 Å². The van der Waals surface area contributed by atoms with Crippen LogP contribution in [-0.4, -0.2) is 29.3 Å². The third-order valence-corrected chi connectivity index (χ3v) is 5.18. The summed E-state index contributed by atoms with van der Waals surface area (Å²) in [6.45, 7) is 2.57. The lowest BCUT2D eigenvalue weighted by molar-refractivity contribution is -0.121. The molecule has 1 unspecified atom stereocenters. The van der Waals surface area contributed by atoms with E-state index in [0.29, 0.717) is 24.4 Å². The quantitative estimate of drug-likeness (QED) is 0.649. The highest BCUT2D eigenvalue weighted by Crippen LogP contribution is 2.25. The fraction of sp³-hybridized carbons (Fsp3) is 0.250. The Morgan fingerprint density at radius 2 is 1.70 bits per heavy atom. The van der Waals surface area contributed by atoms with Gasteiger partial charge in [0.1, 0.15) is 17.5 Å². The molecular formula is C24H24N2O4. The van der Waals surface area contributed by atoms with E-state index in [4.69, 9.17) is 9.15 Å². The van der Waals surface area contributed by atoms with E-state index < -0.39 is 6.04 Å². The molecule has 1 N–H and O–H groups in total. The van der Waals surface area contributed by atoms with E-state index >= 15 is 0 Å². The average molecular weight is 404 g/mol. The number of aryl methyl sites for hydroxylation is 1. The number of likely N-dealkylation sites (tertiary alicyclic amines) is 1. The summed E-state index contributed by atoms with van der Waals surface area (Å²) in [4.78, 5) is 27.2. The molecule has 4 rings (SSSR count). The van der Waals surface area contributed by atoms with Crippen molar-refractivity contribution < 1.29 is 18.7 Å². The SMILES string of the molecule is Cc1ccc(Oc2ccc(NC(=O)C3CCCCN3C(=O)c3ccco3)cc2)cc1. The summed E-state index contributed by atoms with van der Waals surface area (Å²) in [5.41, 5.74) is 1.83. The van der Waals surface area contributed by atoms with Gasteiger partial charge < -0.3 is 19.4 Å². The van der Waals surface area contributed by atoms with E-state index in [0.717, 1.165) is 18.6 Å². The van der Waals surface area contributed by atoms with Gasteiger partial charge in [-0.25, -0.2) is 0 Å². The topological polar surface area (TPSA) is 71.8 Å². The van der Waals surface area contributed by atoms with E-state index in [9.17, 15) is 9.59 Å². The van der Waals surface area contributed by atoms with Gasteiger partial charge in [-0.1, -0.05) is 17.7 Å². The molecule has 0 bridgehead atoms. The van der Waals surface area contributed by atoms with Crippen molar-refractivity contribution in [3.05, 3.63) is 78.3 Å². The Bertz CT molecular complexity index is 995. The minimum absolute atomic E-state index is 0.193. The molecule has 0 aliphatic carbocycles. The summed E-state index contributed by atoms with van der Waals surface area (Å²) in [6.07, 6.45) is 3.88. The lowest BCUT2D eigenvalue weighted by Crippen LogP contribution is -2.49. The van der Waals surface area contributed by atoms with Gasteiger partial charge in [0.2, 0.25) is 5.91 Å². The maximum atomic E-state index is 12.9. The fourth-order valence-electron chi connectivity index (χ4n) is 3.56. The summed E-state index contributed by atoms with van der Waals surface area (Å²) < 4.78 is 11.1. The Labute approximate surface area is 175 Å². The first-order valence-corrected chi connectivity index (χ1v) is 10.1. The molecule has 0 saturated carbocycles. The van der Waals surface area contributed by atoms with Gasteiger partial charge in [-0.3, -0.25) is 9.59 Å². The van der Waals surface area contributed by atoms with Gasteiger partial charge in [0.05, 0.1) is 6.26 Å². The van der Waals surface area contributed by atoms with Crippen molar-refractivity contribution in [3.8, 4) is 11.5 Å². The van der Waals surface area contributed by atoms with E-state index in [1.807, 2.05) is 43.3 Å². The van der Waals surface area contributed by atoms with Crippen LogP contribution < -0.4 is 10.1 Å². The number of nitrogens with one attached hydrogen (secondary N) is 1. The van der Waals surface area contributed by atoms with Gasteiger partial charge in [-0.15, -0.1) is 0 Å². The first kappa shape index (κ1) is 19.8. The Hall–Kier alpha value is -3.54. The highest BCUT2D eigenvalue weighted by atomic mass is 16.5. The van der Waals surface area contributed by atoms with Gasteiger partial charge in [0.15, 0.2) is 5.76 Å². The fourth-order valence-corrected chi connectivity index (χ4v) is 3.56. The normalized spacial score (nSPS) is 16.2. The molecule has 3 aromatic rings. The lowest BCUT2D eigenvalue weighted by Gasteiger charge is -2.34. The Kier molecular flexibility index (Phi) is 5.84. The van der Waals surface area contributed by atoms with Crippen molar-refractivity contribution >= 4 is 17.5 Å². The number of nitrogens with zero attached hydrogens (tertiary/aromatic N) is 1. The number of carbonyl (C=O) groups is 2. The van der Waals surface area contributed by atoms with Crippen LogP contribution in [0.5, 0.6) is 11.5 Å². The number of piperidine rings is 1. The summed E-state index contributed by atoms with van der Waals surface area (Å²) in [6, 6.07) is 17.8. The standard InChI is InChI=1S/C24H24N2O4/c1-17-7-11-19(12-8-17)30-20-13-9-18(10-14-20)25-23(27)21-5-2-3-15-26(21)24(28)22-6-4-16-29-22/h4,6-14,16,21H,2-3,5,15H2,1H3,(H,25,27). The highest BCUT2D eigenvalue weighted by Gasteiger charge is 2.33. The largest absolute Gasteiger partial charge is 0.459 e. The molecule has 1 saturated heterocycles. The number of anilines is 1. The number of amides is 2. The van der Waals surface area contributed by atoms with Crippen LogP contribution in [-0.2, 0) is 4.79 Å². The maximum Gasteiger partial charge on any atom is 0.290 e. The molecule has 2 heterocycles. The third kappa shape index (κ3) is 4.54. The predicted molar refractivity (Wildman–Crippen MR) is 114 cm³/mol. The predicted octanol–water partition coefficient (Wildman–Crippen LogP) is 5.01. The van der Waals surface area contributed by atoms with Gasteiger partial charge in [-0.05, 0) is 74.7 Å². The van der Waals surface area contributed by atoms with Crippen molar-refractivity contribution in [2.75, 3.05) is 11.9 Å². The van der Waals surface area contributed by atoms with Crippen LogP contribution in [0.1, 0.15) is 35.4 Å². The van der Waals surface area contributed by atoms with Gasteiger partial charge in [0, 0.05) is 12.2 Å². The van der Waals surface area contributed by atoms with Crippen LogP contribution in [0.3, 0.4) is 0 Å². The van der Waals surface area contributed by atoms with Crippen LogP contribution in [0.25, 0.3) is 0 Å². The zero-order chi connectivity index (χ0) is 20.9. The average Bonchev–Trinajstić information content (AvgIpc) is 3.31. The first-order chi connectivity index (χ1) is 14.6. The minimum Gasteiger partial charge on any atom is -0.459 e. The van der Waals surface area contributed by atoms with Crippen LogP contribution in [0, 0.1) is 6.92 Å². The van der Waals surface area contributed by atoms with Gasteiger partial charge in [0.25, 0.3) is 5.91 Å². The molecule has 1 aliphatic rings. The summed E-state index contributed by atoms with van der Waals surface area (Å²) in [5, 5.41) is 2.92. The Balaban J connectivity index is 1.40. The smallest absolute Gasteiger partial charge is 0.290 e. The molecule has 1 fully saturated rings. The van der Waals surface area contributed by atoms with Crippen LogP contribution >= 0.6 is 0 Å².